The number of nitrogens with zero attached hydrogens (tertiary/aromatic N) is 1. The van der Waals surface area contributed by atoms with E-state index in [0.29, 0.717) is 4.88 Å². The van der Waals surface area contributed by atoms with Crippen LogP contribution in [-0.4, -0.2) is 10.9 Å². The summed E-state index contributed by atoms with van der Waals surface area (Å²) < 4.78 is 0. The van der Waals surface area contributed by atoms with Gasteiger partial charge in [-0.2, -0.15) is 0 Å². The number of carbonyl (C=O) groups is 1. The zero-order valence-electron chi connectivity index (χ0n) is 11.6. The third-order valence-corrected chi connectivity index (χ3v) is 4.65. The second-order valence-corrected chi connectivity index (χ2v) is 6.18. The maximum atomic E-state index is 12.0. The van der Waals surface area contributed by atoms with Crippen molar-refractivity contribution in [1.29, 1.82) is 0 Å². The van der Waals surface area contributed by atoms with Gasteiger partial charge in [0.15, 0.2) is 0 Å². The smallest absolute Gasteiger partial charge is 0.263 e. The van der Waals surface area contributed by atoms with E-state index in [0.717, 1.165) is 0 Å². The van der Waals surface area contributed by atoms with E-state index in [2.05, 4.69) is 28.5 Å². The summed E-state index contributed by atoms with van der Waals surface area (Å²) in [5, 5.41) is 3.04. The number of aromatic nitrogens is 1. The monoisotopic (exact) mass is 286 g/mol. The van der Waals surface area contributed by atoms with E-state index in [4.69, 9.17) is 0 Å². The van der Waals surface area contributed by atoms with Crippen LogP contribution in [0.2, 0.25) is 0 Å². The van der Waals surface area contributed by atoms with Gasteiger partial charge >= 0.3 is 0 Å². The normalized spacial score (nSPS) is 15.4. The minimum atomic E-state index is -0.0438. The first kappa shape index (κ1) is 13.3. The van der Waals surface area contributed by atoms with Crippen molar-refractivity contribution < 1.29 is 4.79 Å². The minimum Gasteiger partial charge on any atom is -0.345 e. The Kier molecular flexibility index (Phi) is 3.83. The summed E-state index contributed by atoms with van der Waals surface area (Å²) in [7, 11) is 0. The summed E-state index contributed by atoms with van der Waals surface area (Å²) in [6.45, 7) is 2.03. The standard InChI is InChI=1S/C16H18N2OS/c1-11(18-16(19)15-9-17-10-20-15)13-7-6-12-4-2-3-5-14(12)8-13/h6-11H,2-5H2,1H3,(H,18,19)/t11-/m0/s1. The molecule has 3 rings (SSSR count). The van der Waals surface area contributed by atoms with Gasteiger partial charge in [0.25, 0.3) is 5.91 Å². The first-order valence-electron chi connectivity index (χ1n) is 7.05. The highest BCUT2D eigenvalue weighted by atomic mass is 32.1. The molecule has 0 unspecified atom stereocenters. The molecular formula is C16H18N2OS. The zero-order valence-corrected chi connectivity index (χ0v) is 12.4. The van der Waals surface area contributed by atoms with Crippen molar-refractivity contribution >= 4 is 17.2 Å². The lowest BCUT2D eigenvalue weighted by molar-refractivity contribution is 0.0944. The van der Waals surface area contributed by atoms with Crippen LogP contribution in [0.1, 0.15) is 52.2 Å². The fourth-order valence-electron chi connectivity index (χ4n) is 2.70. The highest BCUT2D eigenvalue weighted by Crippen LogP contribution is 2.25. The van der Waals surface area contributed by atoms with Crippen LogP contribution in [0.5, 0.6) is 0 Å². The molecule has 0 fully saturated rings. The molecule has 4 heteroatoms. The summed E-state index contributed by atoms with van der Waals surface area (Å²) in [6, 6.07) is 6.64. The van der Waals surface area contributed by atoms with Gasteiger partial charge in [0.05, 0.1) is 17.7 Å². The Balaban J connectivity index is 1.74. The number of hydrogen-bond donors (Lipinski definition) is 1. The number of rotatable bonds is 3. The Morgan fingerprint density at radius 2 is 2.10 bits per heavy atom. The average Bonchev–Trinajstić information content (AvgIpc) is 3.01. The summed E-state index contributed by atoms with van der Waals surface area (Å²) in [4.78, 5) is 16.6. The van der Waals surface area contributed by atoms with Gasteiger partial charge in [0.2, 0.25) is 0 Å². The molecule has 0 bridgehead atoms. The number of thiazole rings is 1. The molecule has 1 aliphatic carbocycles. The number of amides is 1. The number of carbonyl (C=O) groups excluding carboxylic acids is 1. The van der Waals surface area contributed by atoms with Crippen LogP contribution < -0.4 is 5.32 Å². The Hall–Kier alpha value is -1.68. The van der Waals surface area contributed by atoms with Crippen molar-refractivity contribution in [2.24, 2.45) is 0 Å². The van der Waals surface area contributed by atoms with E-state index in [9.17, 15) is 4.79 Å². The van der Waals surface area contributed by atoms with Crippen LogP contribution in [0, 0.1) is 0 Å². The molecule has 0 radical (unpaired) electrons. The largest absolute Gasteiger partial charge is 0.345 e. The SMILES string of the molecule is C[C@H](NC(=O)c1cncs1)c1ccc2c(c1)CCCC2. The van der Waals surface area contributed by atoms with Crippen LogP contribution in [0.3, 0.4) is 0 Å². The van der Waals surface area contributed by atoms with E-state index in [-0.39, 0.29) is 11.9 Å². The van der Waals surface area contributed by atoms with Gasteiger partial charge in [0.1, 0.15) is 4.88 Å². The van der Waals surface area contributed by atoms with Crippen LogP contribution >= 0.6 is 11.3 Å². The van der Waals surface area contributed by atoms with Gasteiger partial charge in [-0.05, 0) is 49.3 Å². The molecule has 104 valence electrons. The zero-order chi connectivity index (χ0) is 13.9. The molecule has 1 aliphatic rings. The van der Waals surface area contributed by atoms with Crippen LogP contribution in [0.15, 0.2) is 29.9 Å². The molecule has 0 aliphatic heterocycles. The van der Waals surface area contributed by atoms with Crippen LogP contribution in [0.4, 0.5) is 0 Å². The fourth-order valence-corrected chi connectivity index (χ4v) is 3.22. The highest BCUT2D eigenvalue weighted by molar-refractivity contribution is 7.11. The van der Waals surface area contributed by atoms with Gasteiger partial charge < -0.3 is 5.32 Å². The number of nitrogens with one attached hydrogen (secondary N) is 1. The molecule has 0 saturated heterocycles. The van der Waals surface area contributed by atoms with E-state index in [1.807, 2.05) is 6.92 Å². The Morgan fingerprint density at radius 1 is 1.30 bits per heavy atom. The Morgan fingerprint density at radius 3 is 2.85 bits per heavy atom. The average molecular weight is 286 g/mol. The van der Waals surface area contributed by atoms with Crippen molar-refractivity contribution in [2.75, 3.05) is 0 Å². The van der Waals surface area contributed by atoms with Crippen molar-refractivity contribution in [3.63, 3.8) is 0 Å². The Bertz CT molecular complexity index is 607. The maximum absolute atomic E-state index is 12.0. The minimum absolute atomic E-state index is 0.0248. The van der Waals surface area contributed by atoms with Gasteiger partial charge in [0, 0.05) is 0 Å². The van der Waals surface area contributed by atoms with Crippen molar-refractivity contribution in [1.82, 2.24) is 10.3 Å². The summed E-state index contributed by atoms with van der Waals surface area (Å²) in [5.41, 5.74) is 5.79. The third-order valence-electron chi connectivity index (χ3n) is 3.88. The molecule has 1 aromatic carbocycles. The van der Waals surface area contributed by atoms with E-state index < -0.39 is 0 Å². The maximum Gasteiger partial charge on any atom is 0.263 e. The number of aryl methyl sites for hydroxylation is 2. The number of hydrogen-bond acceptors (Lipinski definition) is 3. The van der Waals surface area contributed by atoms with Crippen LogP contribution in [0.25, 0.3) is 0 Å². The van der Waals surface area contributed by atoms with Crippen molar-refractivity contribution in [3.8, 4) is 0 Å². The Labute approximate surface area is 123 Å². The number of benzene rings is 1. The summed E-state index contributed by atoms with van der Waals surface area (Å²) in [6.07, 6.45) is 6.54. The van der Waals surface area contributed by atoms with Gasteiger partial charge in [-0.25, -0.2) is 0 Å². The van der Waals surface area contributed by atoms with Gasteiger partial charge in [-0.1, -0.05) is 18.2 Å². The summed E-state index contributed by atoms with van der Waals surface area (Å²) in [5.74, 6) is -0.0438. The van der Waals surface area contributed by atoms with E-state index in [1.165, 1.54) is 53.7 Å². The van der Waals surface area contributed by atoms with Gasteiger partial charge in [-0.15, -0.1) is 11.3 Å². The second kappa shape index (κ2) is 5.75. The molecule has 0 spiro atoms. The topological polar surface area (TPSA) is 42.0 Å². The quantitative estimate of drug-likeness (QED) is 0.938. The van der Waals surface area contributed by atoms with Crippen molar-refractivity contribution in [3.05, 3.63) is 51.5 Å². The highest BCUT2D eigenvalue weighted by Gasteiger charge is 2.15. The molecule has 20 heavy (non-hydrogen) atoms. The summed E-state index contributed by atoms with van der Waals surface area (Å²) >= 11 is 1.37. The molecule has 1 heterocycles. The molecular weight excluding hydrogens is 268 g/mol. The van der Waals surface area contributed by atoms with E-state index >= 15 is 0 Å². The molecule has 3 nitrogen and oxygen atoms in total. The molecule has 0 saturated carbocycles. The van der Waals surface area contributed by atoms with Crippen molar-refractivity contribution in [2.45, 2.75) is 38.6 Å². The molecule has 2 aromatic rings. The first-order valence-corrected chi connectivity index (χ1v) is 7.93. The lowest BCUT2D eigenvalue weighted by Crippen LogP contribution is -2.26. The van der Waals surface area contributed by atoms with Crippen LogP contribution in [-0.2, 0) is 12.8 Å². The molecule has 1 N–H and O–H groups in total. The third kappa shape index (κ3) is 2.75. The fraction of sp³-hybridized carbons (Fsp3) is 0.375. The number of fused-ring (bicyclic) bond motifs is 1. The van der Waals surface area contributed by atoms with E-state index in [1.54, 1.807) is 11.7 Å². The predicted octanol–water partition coefficient (Wildman–Crippen LogP) is 3.51. The predicted molar refractivity (Wildman–Crippen MR) is 81.1 cm³/mol. The van der Waals surface area contributed by atoms with Gasteiger partial charge in [-0.3, -0.25) is 9.78 Å². The first-order chi connectivity index (χ1) is 9.74. The molecule has 1 atom stereocenters. The molecule has 1 aromatic heterocycles. The lowest BCUT2D eigenvalue weighted by atomic mass is 9.89. The second-order valence-electron chi connectivity index (χ2n) is 5.30. The molecule has 1 amide bonds. The lowest BCUT2D eigenvalue weighted by Gasteiger charge is -2.19.